The predicted octanol–water partition coefficient (Wildman–Crippen LogP) is 6.65. The molecule has 132 valence electrons. The molecule has 0 fully saturated rings. The summed E-state index contributed by atoms with van der Waals surface area (Å²) in [5.74, 6) is 1.74. The van der Waals surface area contributed by atoms with Crippen LogP contribution < -0.4 is 0 Å². The fourth-order valence-electron chi connectivity index (χ4n) is 1.86. The molecule has 0 aromatic heterocycles. The van der Waals surface area contributed by atoms with Crippen LogP contribution >= 0.6 is 7.60 Å². The third-order valence-electron chi connectivity index (χ3n) is 3.08. The maximum atomic E-state index is 12.3. The molecular weight excluding hydrogens is 307 g/mol. The molecule has 0 heterocycles. The van der Waals surface area contributed by atoms with Crippen LogP contribution in [0.1, 0.15) is 54.4 Å². The van der Waals surface area contributed by atoms with E-state index in [9.17, 15) is 4.57 Å². The molecule has 0 aliphatic heterocycles. The van der Waals surface area contributed by atoms with Crippen LogP contribution in [-0.4, -0.2) is 13.2 Å². The van der Waals surface area contributed by atoms with Gasteiger partial charge < -0.3 is 9.05 Å². The van der Waals surface area contributed by atoms with Crippen molar-refractivity contribution in [2.45, 2.75) is 54.4 Å². The fraction of sp³-hybridized carbons (Fsp3) is 0.579. The van der Waals surface area contributed by atoms with Gasteiger partial charge in [-0.05, 0) is 53.4 Å². The Kier molecular flexibility index (Phi) is 12.0. The summed E-state index contributed by atoms with van der Waals surface area (Å²) in [6.07, 6.45) is 12.5. The minimum atomic E-state index is -3.09. The smallest absolute Gasteiger partial charge is 0.306 e. The summed E-state index contributed by atoms with van der Waals surface area (Å²) >= 11 is 0. The summed E-state index contributed by atoms with van der Waals surface area (Å²) in [4.78, 5) is 0. The Bertz CT molecular complexity index is 473. The molecule has 1 atom stereocenters. The van der Waals surface area contributed by atoms with Gasteiger partial charge in [0.2, 0.25) is 0 Å². The Hall–Kier alpha value is -0.890. The van der Waals surface area contributed by atoms with Gasteiger partial charge >= 0.3 is 7.60 Å². The van der Waals surface area contributed by atoms with Gasteiger partial charge in [-0.15, -0.1) is 0 Å². The fourth-order valence-corrected chi connectivity index (χ4v) is 3.30. The summed E-state index contributed by atoms with van der Waals surface area (Å²) in [6, 6.07) is 0. The summed E-state index contributed by atoms with van der Waals surface area (Å²) in [7, 11) is -3.09. The molecule has 0 saturated carbocycles. The first-order valence-electron chi connectivity index (χ1n) is 8.38. The highest BCUT2D eigenvalue weighted by Gasteiger charge is 2.18. The molecule has 0 spiro atoms. The van der Waals surface area contributed by atoms with E-state index in [1.54, 1.807) is 5.82 Å². The molecule has 0 aliphatic carbocycles. The molecule has 4 heteroatoms. The van der Waals surface area contributed by atoms with E-state index >= 15 is 0 Å². The Morgan fingerprint density at radius 2 is 1.70 bits per heavy atom. The van der Waals surface area contributed by atoms with Crippen LogP contribution in [0.4, 0.5) is 0 Å². The van der Waals surface area contributed by atoms with E-state index in [1.807, 2.05) is 26.8 Å². The van der Waals surface area contributed by atoms with E-state index in [1.165, 1.54) is 11.1 Å². The molecule has 0 aromatic carbocycles. The third kappa shape index (κ3) is 12.2. The zero-order chi connectivity index (χ0) is 17.7. The lowest BCUT2D eigenvalue weighted by molar-refractivity contribution is 0.229. The highest BCUT2D eigenvalue weighted by molar-refractivity contribution is 7.57. The highest BCUT2D eigenvalue weighted by Crippen LogP contribution is 2.49. The zero-order valence-corrected chi connectivity index (χ0v) is 16.4. The summed E-state index contributed by atoms with van der Waals surface area (Å²) in [6.45, 7) is 12.8. The normalized spacial score (nSPS) is 14.6. The van der Waals surface area contributed by atoms with E-state index in [0.29, 0.717) is 13.2 Å². The van der Waals surface area contributed by atoms with Gasteiger partial charge in [0.05, 0.1) is 13.2 Å². The van der Waals surface area contributed by atoms with Crippen LogP contribution in [0.3, 0.4) is 0 Å². The van der Waals surface area contributed by atoms with Crippen molar-refractivity contribution in [3.8, 4) is 0 Å². The van der Waals surface area contributed by atoms with Crippen LogP contribution in [0.2, 0.25) is 0 Å². The summed E-state index contributed by atoms with van der Waals surface area (Å²) in [5.41, 5.74) is 2.71. The molecule has 1 unspecified atom stereocenters. The van der Waals surface area contributed by atoms with Crippen LogP contribution in [0.15, 0.2) is 47.3 Å². The zero-order valence-electron chi connectivity index (χ0n) is 15.5. The number of hydrogen-bond acceptors (Lipinski definition) is 3. The molecule has 0 radical (unpaired) electrons. The number of hydrogen-bond donors (Lipinski definition) is 0. The molecule has 0 bridgehead atoms. The van der Waals surface area contributed by atoms with Gasteiger partial charge in [0, 0.05) is 5.82 Å². The molecule has 23 heavy (non-hydrogen) atoms. The van der Waals surface area contributed by atoms with Crippen molar-refractivity contribution in [2.24, 2.45) is 5.92 Å². The van der Waals surface area contributed by atoms with Crippen LogP contribution in [0.25, 0.3) is 0 Å². The Labute approximate surface area is 142 Å². The molecule has 0 saturated heterocycles. The molecule has 0 rings (SSSR count). The maximum absolute atomic E-state index is 12.3. The number of rotatable bonds is 11. The van der Waals surface area contributed by atoms with Gasteiger partial charge in [-0.2, -0.15) is 0 Å². The van der Waals surface area contributed by atoms with Crippen LogP contribution in [0.5, 0.6) is 0 Å². The Morgan fingerprint density at radius 1 is 1.09 bits per heavy atom. The number of allylic oxidation sites excluding steroid dienone is 7. The second kappa shape index (κ2) is 12.5. The molecular formula is C19H33O3P. The standard InChI is InChI=1S/C19H33O3P/c1-7-21-23(20,22-8-2)16-15-19(6)14-10-13-18(5)12-9-11-17(3)4/h10-11,13-16,19H,7-9,12H2,1-6H3/b14-10+,16-15+,18-13+. The second-order valence-electron chi connectivity index (χ2n) is 5.79. The van der Waals surface area contributed by atoms with E-state index in [0.717, 1.165) is 12.8 Å². The van der Waals surface area contributed by atoms with Gasteiger partial charge in [-0.1, -0.05) is 48.5 Å². The molecule has 3 nitrogen and oxygen atoms in total. The lowest BCUT2D eigenvalue weighted by Gasteiger charge is -2.13. The highest BCUT2D eigenvalue weighted by atomic mass is 31.2. The minimum Gasteiger partial charge on any atom is -0.306 e. The van der Waals surface area contributed by atoms with Crippen molar-refractivity contribution in [2.75, 3.05) is 13.2 Å². The molecule has 0 aliphatic rings. The van der Waals surface area contributed by atoms with Gasteiger partial charge in [-0.3, -0.25) is 4.57 Å². The van der Waals surface area contributed by atoms with E-state index < -0.39 is 7.60 Å². The average molecular weight is 340 g/mol. The topological polar surface area (TPSA) is 35.5 Å². The summed E-state index contributed by atoms with van der Waals surface area (Å²) in [5, 5.41) is 0. The molecule has 0 aromatic rings. The molecule has 0 amide bonds. The minimum absolute atomic E-state index is 0.172. The van der Waals surface area contributed by atoms with Crippen molar-refractivity contribution < 1.29 is 13.6 Å². The van der Waals surface area contributed by atoms with Gasteiger partial charge in [0.25, 0.3) is 0 Å². The predicted molar refractivity (Wildman–Crippen MR) is 101 cm³/mol. The quantitative estimate of drug-likeness (QED) is 0.240. The van der Waals surface area contributed by atoms with Crippen molar-refractivity contribution in [3.05, 3.63) is 47.3 Å². The van der Waals surface area contributed by atoms with Gasteiger partial charge in [0.1, 0.15) is 0 Å². The van der Waals surface area contributed by atoms with Gasteiger partial charge in [0.15, 0.2) is 0 Å². The van der Waals surface area contributed by atoms with E-state index in [4.69, 9.17) is 9.05 Å². The lowest BCUT2D eigenvalue weighted by Crippen LogP contribution is -1.93. The Balaban J connectivity index is 4.51. The largest absolute Gasteiger partial charge is 0.353 e. The SMILES string of the molecule is CCOP(=O)(/C=C/C(C)/C=C/C=C(\C)CCC=C(C)C)OCC. The van der Waals surface area contributed by atoms with Crippen LogP contribution in [-0.2, 0) is 13.6 Å². The molecule has 0 N–H and O–H groups in total. The van der Waals surface area contributed by atoms with Gasteiger partial charge in [-0.25, -0.2) is 0 Å². The van der Waals surface area contributed by atoms with Crippen LogP contribution in [0, 0.1) is 5.92 Å². The van der Waals surface area contributed by atoms with Crippen molar-refractivity contribution >= 4 is 7.60 Å². The first-order valence-corrected chi connectivity index (χ1v) is 9.99. The lowest BCUT2D eigenvalue weighted by atomic mass is 10.1. The maximum Gasteiger partial charge on any atom is 0.353 e. The van der Waals surface area contributed by atoms with Crippen molar-refractivity contribution in [1.82, 2.24) is 0 Å². The second-order valence-corrected chi connectivity index (χ2v) is 7.69. The van der Waals surface area contributed by atoms with Crippen molar-refractivity contribution in [3.63, 3.8) is 0 Å². The first kappa shape index (κ1) is 22.1. The third-order valence-corrected chi connectivity index (χ3v) is 4.85. The first-order chi connectivity index (χ1) is 10.8. The van der Waals surface area contributed by atoms with Crippen molar-refractivity contribution in [1.29, 1.82) is 0 Å². The van der Waals surface area contributed by atoms with E-state index in [-0.39, 0.29) is 5.92 Å². The summed E-state index contributed by atoms with van der Waals surface area (Å²) < 4.78 is 22.8. The monoisotopic (exact) mass is 340 g/mol. The Morgan fingerprint density at radius 3 is 2.22 bits per heavy atom. The average Bonchev–Trinajstić information content (AvgIpc) is 2.45. The van der Waals surface area contributed by atoms with E-state index in [2.05, 4.69) is 45.1 Å².